The summed E-state index contributed by atoms with van der Waals surface area (Å²) in [5, 5.41) is 0. The normalized spacial score (nSPS) is 23.1. The summed E-state index contributed by atoms with van der Waals surface area (Å²) in [4.78, 5) is 2.41. The van der Waals surface area contributed by atoms with Gasteiger partial charge in [-0.1, -0.05) is 35.0 Å². The molecule has 0 aliphatic heterocycles. The van der Waals surface area contributed by atoms with Gasteiger partial charge >= 0.3 is 0 Å². The van der Waals surface area contributed by atoms with Crippen LogP contribution in [0.25, 0.3) is 0 Å². The van der Waals surface area contributed by atoms with E-state index in [0.29, 0.717) is 6.54 Å². The molecule has 0 bridgehead atoms. The Labute approximate surface area is 112 Å². The number of halogens is 1. The standard InChI is InChI=1S/C14H21BrN2/c1-10-5-13(10)9-17(2)8-12-4-3-11(7-16)6-14(12)15/h3-4,6,10,13H,5,7-9,16H2,1-2H3. The molecule has 0 aromatic heterocycles. The predicted octanol–water partition coefficient (Wildman–Crippen LogP) is 3.00. The Morgan fingerprint density at radius 3 is 2.71 bits per heavy atom. The van der Waals surface area contributed by atoms with Crippen LogP contribution in [0.5, 0.6) is 0 Å². The second kappa shape index (κ2) is 5.51. The van der Waals surface area contributed by atoms with Crippen LogP contribution in [-0.4, -0.2) is 18.5 Å². The maximum atomic E-state index is 5.63. The van der Waals surface area contributed by atoms with Gasteiger partial charge in [-0.15, -0.1) is 0 Å². The van der Waals surface area contributed by atoms with Gasteiger partial charge in [0.2, 0.25) is 0 Å². The highest BCUT2D eigenvalue weighted by Crippen LogP contribution is 2.38. The van der Waals surface area contributed by atoms with Crippen molar-refractivity contribution in [2.75, 3.05) is 13.6 Å². The van der Waals surface area contributed by atoms with E-state index in [1.165, 1.54) is 28.6 Å². The predicted molar refractivity (Wildman–Crippen MR) is 75.6 cm³/mol. The van der Waals surface area contributed by atoms with E-state index in [1.54, 1.807) is 0 Å². The van der Waals surface area contributed by atoms with E-state index in [1.807, 2.05) is 0 Å². The molecule has 2 N–H and O–H groups in total. The van der Waals surface area contributed by atoms with Crippen molar-refractivity contribution in [2.45, 2.75) is 26.4 Å². The molecule has 94 valence electrons. The first-order valence-corrected chi connectivity index (χ1v) is 7.05. The minimum absolute atomic E-state index is 0.605. The van der Waals surface area contributed by atoms with E-state index in [-0.39, 0.29) is 0 Å². The fraction of sp³-hybridized carbons (Fsp3) is 0.571. The van der Waals surface area contributed by atoms with Crippen LogP contribution in [0.15, 0.2) is 22.7 Å². The molecule has 1 fully saturated rings. The van der Waals surface area contributed by atoms with Crippen molar-refractivity contribution in [3.63, 3.8) is 0 Å². The number of benzene rings is 1. The average molecular weight is 297 g/mol. The summed E-state index contributed by atoms with van der Waals surface area (Å²) in [7, 11) is 2.20. The van der Waals surface area contributed by atoms with Crippen molar-refractivity contribution < 1.29 is 0 Å². The Morgan fingerprint density at radius 2 is 2.18 bits per heavy atom. The van der Waals surface area contributed by atoms with E-state index >= 15 is 0 Å². The van der Waals surface area contributed by atoms with E-state index in [2.05, 4.69) is 53.0 Å². The molecule has 17 heavy (non-hydrogen) atoms. The highest BCUT2D eigenvalue weighted by atomic mass is 79.9. The minimum atomic E-state index is 0.605. The van der Waals surface area contributed by atoms with Crippen LogP contribution in [0.3, 0.4) is 0 Å². The summed E-state index contributed by atoms with van der Waals surface area (Å²) >= 11 is 3.63. The number of nitrogens with two attached hydrogens (primary N) is 1. The Hall–Kier alpha value is -0.380. The van der Waals surface area contributed by atoms with Crippen LogP contribution >= 0.6 is 15.9 Å². The van der Waals surface area contributed by atoms with Gasteiger partial charge in [-0.25, -0.2) is 0 Å². The number of hydrogen-bond donors (Lipinski definition) is 1. The summed E-state index contributed by atoms with van der Waals surface area (Å²) in [6, 6.07) is 6.43. The highest BCUT2D eigenvalue weighted by molar-refractivity contribution is 9.10. The van der Waals surface area contributed by atoms with Gasteiger partial charge in [0, 0.05) is 24.1 Å². The van der Waals surface area contributed by atoms with E-state index in [0.717, 1.165) is 18.4 Å². The zero-order valence-electron chi connectivity index (χ0n) is 10.6. The lowest BCUT2D eigenvalue weighted by molar-refractivity contribution is 0.307. The molecule has 1 aromatic rings. The lowest BCUT2D eigenvalue weighted by atomic mass is 10.1. The Morgan fingerprint density at radius 1 is 1.47 bits per heavy atom. The summed E-state index contributed by atoms with van der Waals surface area (Å²) in [5.74, 6) is 1.85. The lowest BCUT2D eigenvalue weighted by Crippen LogP contribution is -2.21. The van der Waals surface area contributed by atoms with Crippen LogP contribution in [0.4, 0.5) is 0 Å². The lowest BCUT2D eigenvalue weighted by Gasteiger charge is -2.17. The molecule has 0 heterocycles. The molecule has 2 rings (SSSR count). The first kappa shape index (κ1) is 13.1. The van der Waals surface area contributed by atoms with Crippen molar-refractivity contribution in [1.82, 2.24) is 4.90 Å². The molecule has 3 heteroatoms. The topological polar surface area (TPSA) is 29.3 Å². The smallest absolute Gasteiger partial charge is 0.0242 e. The maximum Gasteiger partial charge on any atom is 0.0242 e. The molecule has 1 aliphatic rings. The van der Waals surface area contributed by atoms with Gasteiger partial charge in [0.05, 0.1) is 0 Å². The largest absolute Gasteiger partial charge is 0.326 e. The molecule has 0 spiro atoms. The van der Waals surface area contributed by atoms with Gasteiger partial charge < -0.3 is 10.6 Å². The monoisotopic (exact) mass is 296 g/mol. The van der Waals surface area contributed by atoms with Crippen molar-refractivity contribution in [1.29, 1.82) is 0 Å². The fourth-order valence-electron chi connectivity index (χ4n) is 2.26. The third kappa shape index (κ3) is 3.54. The second-order valence-corrected chi connectivity index (χ2v) is 6.15. The number of nitrogens with zero attached hydrogens (tertiary/aromatic N) is 1. The van der Waals surface area contributed by atoms with Gasteiger partial charge in [0.1, 0.15) is 0 Å². The number of hydrogen-bond acceptors (Lipinski definition) is 2. The first-order chi connectivity index (χ1) is 8.10. The van der Waals surface area contributed by atoms with Gasteiger partial charge in [-0.3, -0.25) is 0 Å². The Bertz CT molecular complexity index is 392. The Balaban J connectivity index is 1.93. The molecular formula is C14H21BrN2. The van der Waals surface area contributed by atoms with Crippen LogP contribution < -0.4 is 5.73 Å². The molecule has 0 radical (unpaired) electrons. The van der Waals surface area contributed by atoms with E-state index in [4.69, 9.17) is 5.73 Å². The summed E-state index contributed by atoms with van der Waals surface area (Å²) in [6.45, 7) is 5.17. The summed E-state index contributed by atoms with van der Waals surface area (Å²) in [5.41, 5.74) is 8.15. The zero-order chi connectivity index (χ0) is 12.4. The van der Waals surface area contributed by atoms with Crippen molar-refractivity contribution in [3.05, 3.63) is 33.8 Å². The molecule has 2 unspecified atom stereocenters. The van der Waals surface area contributed by atoms with Gasteiger partial charge in [0.15, 0.2) is 0 Å². The molecule has 0 saturated heterocycles. The minimum Gasteiger partial charge on any atom is -0.326 e. The molecule has 2 atom stereocenters. The van der Waals surface area contributed by atoms with Crippen LogP contribution in [0.2, 0.25) is 0 Å². The second-order valence-electron chi connectivity index (χ2n) is 5.30. The summed E-state index contributed by atoms with van der Waals surface area (Å²) < 4.78 is 1.18. The van der Waals surface area contributed by atoms with Crippen molar-refractivity contribution in [3.8, 4) is 0 Å². The fourth-order valence-corrected chi connectivity index (χ4v) is 2.81. The third-order valence-corrected chi connectivity index (χ3v) is 4.35. The molecule has 1 aliphatic carbocycles. The van der Waals surface area contributed by atoms with E-state index in [9.17, 15) is 0 Å². The third-order valence-electron chi connectivity index (χ3n) is 3.62. The van der Waals surface area contributed by atoms with Gasteiger partial charge in [0.25, 0.3) is 0 Å². The maximum absolute atomic E-state index is 5.63. The molecular weight excluding hydrogens is 276 g/mol. The Kier molecular flexibility index (Phi) is 4.23. The van der Waals surface area contributed by atoms with Crippen LogP contribution in [0, 0.1) is 11.8 Å². The average Bonchev–Trinajstić information content (AvgIpc) is 2.97. The quantitative estimate of drug-likeness (QED) is 0.905. The molecule has 2 nitrogen and oxygen atoms in total. The van der Waals surface area contributed by atoms with Gasteiger partial charge in [-0.2, -0.15) is 0 Å². The molecule has 1 saturated carbocycles. The molecule has 0 amide bonds. The number of rotatable bonds is 5. The molecule has 1 aromatic carbocycles. The van der Waals surface area contributed by atoms with Crippen molar-refractivity contribution >= 4 is 15.9 Å². The first-order valence-electron chi connectivity index (χ1n) is 6.26. The van der Waals surface area contributed by atoms with Gasteiger partial charge in [-0.05, 0) is 42.5 Å². The SMILES string of the molecule is CC1CC1CN(C)Cc1ccc(CN)cc1Br. The summed E-state index contributed by atoms with van der Waals surface area (Å²) in [6.07, 6.45) is 1.40. The van der Waals surface area contributed by atoms with Crippen molar-refractivity contribution in [2.24, 2.45) is 17.6 Å². The zero-order valence-corrected chi connectivity index (χ0v) is 12.2. The van der Waals surface area contributed by atoms with Crippen LogP contribution in [0.1, 0.15) is 24.5 Å². The van der Waals surface area contributed by atoms with E-state index < -0.39 is 0 Å². The van der Waals surface area contributed by atoms with Crippen LogP contribution in [-0.2, 0) is 13.1 Å². The highest BCUT2D eigenvalue weighted by Gasteiger charge is 2.33.